The summed E-state index contributed by atoms with van der Waals surface area (Å²) in [5, 5.41) is 11.9. The van der Waals surface area contributed by atoms with Gasteiger partial charge in [-0.1, -0.05) is 78.4 Å². The second kappa shape index (κ2) is 7.53. The van der Waals surface area contributed by atoms with Gasteiger partial charge < -0.3 is 4.52 Å². The van der Waals surface area contributed by atoms with Gasteiger partial charge in [-0.2, -0.15) is 4.98 Å². The summed E-state index contributed by atoms with van der Waals surface area (Å²) in [7, 11) is 0. The van der Waals surface area contributed by atoms with Crippen molar-refractivity contribution in [2.45, 2.75) is 24.3 Å². The van der Waals surface area contributed by atoms with E-state index in [-0.39, 0.29) is 0 Å². The predicted molar refractivity (Wildman–Crippen MR) is 100 cm³/mol. The third-order valence-electron chi connectivity index (χ3n) is 3.93. The molecule has 0 unspecified atom stereocenters. The lowest BCUT2D eigenvalue weighted by Gasteiger charge is -1.97. The van der Waals surface area contributed by atoms with Crippen LogP contribution in [0.5, 0.6) is 0 Å². The van der Waals surface area contributed by atoms with E-state index in [2.05, 4.69) is 44.4 Å². The molecule has 0 aliphatic rings. The summed E-state index contributed by atoms with van der Waals surface area (Å²) in [4.78, 5) is 8.94. The number of aromatic nitrogens is 5. The van der Waals surface area contributed by atoms with Crippen LogP contribution in [0.25, 0.3) is 22.8 Å². The van der Waals surface area contributed by atoms with Crippen LogP contribution in [-0.4, -0.2) is 25.3 Å². The quantitative estimate of drug-likeness (QED) is 0.512. The zero-order valence-electron chi connectivity index (χ0n) is 14.2. The monoisotopic (exact) mass is 363 g/mol. The van der Waals surface area contributed by atoms with E-state index in [0.29, 0.717) is 22.6 Å². The number of rotatable bonds is 6. The van der Waals surface area contributed by atoms with Gasteiger partial charge in [0.1, 0.15) is 0 Å². The smallest absolute Gasteiger partial charge is 0.237 e. The van der Waals surface area contributed by atoms with Crippen molar-refractivity contribution in [2.75, 3.05) is 0 Å². The van der Waals surface area contributed by atoms with E-state index in [9.17, 15) is 0 Å². The number of benzene rings is 2. The lowest BCUT2D eigenvalue weighted by atomic mass is 10.1. The molecule has 0 saturated carbocycles. The lowest BCUT2D eigenvalue weighted by molar-refractivity contribution is 0.391. The molecule has 1 N–H and O–H groups in total. The Kier molecular flexibility index (Phi) is 4.79. The lowest BCUT2D eigenvalue weighted by Crippen LogP contribution is -1.85. The molecule has 0 bridgehead atoms. The molecule has 2 heterocycles. The van der Waals surface area contributed by atoms with Gasteiger partial charge in [0.05, 0.1) is 5.75 Å². The molecule has 2 aromatic heterocycles. The fourth-order valence-electron chi connectivity index (χ4n) is 2.48. The summed E-state index contributed by atoms with van der Waals surface area (Å²) in [5.41, 5.74) is 3.24. The third-order valence-corrected chi connectivity index (χ3v) is 4.76. The molecular weight excluding hydrogens is 346 g/mol. The Morgan fingerprint density at radius 1 is 0.962 bits per heavy atom. The SMILES string of the molecule is CCc1ccc(-c2noc(CSc3n[nH]c(-c4ccccc4)n3)n2)cc1. The van der Waals surface area contributed by atoms with Crippen molar-refractivity contribution in [3.05, 3.63) is 66.1 Å². The fraction of sp³-hybridized carbons (Fsp3) is 0.158. The third kappa shape index (κ3) is 3.67. The molecule has 0 amide bonds. The Morgan fingerprint density at radius 2 is 1.77 bits per heavy atom. The van der Waals surface area contributed by atoms with Crippen molar-refractivity contribution in [1.82, 2.24) is 25.3 Å². The van der Waals surface area contributed by atoms with E-state index >= 15 is 0 Å². The fourth-order valence-corrected chi connectivity index (χ4v) is 3.12. The highest BCUT2D eigenvalue weighted by Crippen LogP contribution is 2.23. The van der Waals surface area contributed by atoms with Gasteiger partial charge in [0.25, 0.3) is 0 Å². The highest BCUT2D eigenvalue weighted by atomic mass is 32.2. The summed E-state index contributed by atoms with van der Waals surface area (Å²) >= 11 is 1.45. The molecule has 7 heteroatoms. The Morgan fingerprint density at radius 3 is 2.54 bits per heavy atom. The average molecular weight is 363 g/mol. The van der Waals surface area contributed by atoms with Crippen molar-refractivity contribution in [3.8, 4) is 22.8 Å². The molecule has 0 aliphatic heterocycles. The van der Waals surface area contributed by atoms with Gasteiger partial charge >= 0.3 is 0 Å². The highest BCUT2D eigenvalue weighted by molar-refractivity contribution is 7.98. The molecule has 4 aromatic rings. The topological polar surface area (TPSA) is 80.5 Å². The first-order chi connectivity index (χ1) is 12.8. The van der Waals surface area contributed by atoms with Crippen LogP contribution in [0, 0.1) is 0 Å². The number of nitrogens with zero attached hydrogens (tertiary/aromatic N) is 4. The van der Waals surface area contributed by atoms with Crippen molar-refractivity contribution in [2.24, 2.45) is 0 Å². The molecule has 130 valence electrons. The van der Waals surface area contributed by atoms with Crippen LogP contribution in [-0.2, 0) is 12.2 Å². The number of thioether (sulfide) groups is 1. The number of hydrogen-bond acceptors (Lipinski definition) is 6. The molecular formula is C19H17N5OS. The van der Waals surface area contributed by atoms with Crippen LogP contribution < -0.4 is 0 Å². The second-order valence-electron chi connectivity index (χ2n) is 5.68. The number of H-pyrrole nitrogens is 1. The minimum atomic E-state index is 0.520. The first-order valence-corrected chi connectivity index (χ1v) is 9.33. The molecule has 4 rings (SSSR count). The molecule has 26 heavy (non-hydrogen) atoms. The van der Waals surface area contributed by atoms with E-state index in [1.807, 2.05) is 42.5 Å². The Balaban J connectivity index is 1.41. The zero-order valence-corrected chi connectivity index (χ0v) is 15.0. The minimum absolute atomic E-state index is 0.520. The van der Waals surface area contributed by atoms with Gasteiger partial charge in [-0.3, -0.25) is 5.10 Å². The largest absolute Gasteiger partial charge is 0.338 e. The highest BCUT2D eigenvalue weighted by Gasteiger charge is 2.11. The Bertz CT molecular complexity index is 979. The van der Waals surface area contributed by atoms with E-state index in [4.69, 9.17) is 4.52 Å². The van der Waals surface area contributed by atoms with Crippen LogP contribution in [0.3, 0.4) is 0 Å². The second-order valence-corrected chi connectivity index (χ2v) is 6.63. The molecule has 2 aromatic carbocycles. The molecule has 0 spiro atoms. The van der Waals surface area contributed by atoms with E-state index < -0.39 is 0 Å². The molecule has 0 aliphatic carbocycles. The molecule has 6 nitrogen and oxygen atoms in total. The van der Waals surface area contributed by atoms with Crippen LogP contribution in [0.15, 0.2) is 64.3 Å². The van der Waals surface area contributed by atoms with Crippen LogP contribution in [0.1, 0.15) is 18.4 Å². The number of aromatic amines is 1. The Labute approximate surface area is 155 Å². The summed E-state index contributed by atoms with van der Waals surface area (Å²) in [5.74, 6) is 2.42. The van der Waals surface area contributed by atoms with Crippen LogP contribution in [0.2, 0.25) is 0 Å². The summed E-state index contributed by atoms with van der Waals surface area (Å²) in [6.07, 6.45) is 1.01. The number of hydrogen-bond donors (Lipinski definition) is 1. The van der Waals surface area contributed by atoms with Gasteiger partial charge in [-0.05, 0) is 12.0 Å². The van der Waals surface area contributed by atoms with Crippen molar-refractivity contribution in [3.63, 3.8) is 0 Å². The van der Waals surface area contributed by atoms with Gasteiger partial charge in [0.2, 0.25) is 16.9 Å². The molecule has 0 atom stereocenters. The molecule has 0 radical (unpaired) electrons. The van der Waals surface area contributed by atoms with Gasteiger partial charge in [-0.25, -0.2) is 4.98 Å². The van der Waals surface area contributed by atoms with E-state index in [1.165, 1.54) is 17.3 Å². The normalized spacial score (nSPS) is 11.0. The van der Waals surface area contributed by atoms with Crippen molar-refractivity contribution in [1.29, 1.82) is 0 Å². The van der Waals surface area contributed by atoms with Gasteiger partial charge in [-0.15, -0.1) is 5.10 Å². The van der Waals surface area contributed by atoms with Crippen molar-refractivity contribution < 1.29 is 4.52 Å². The maximum atomic E-state index is 5.34. The summed E-state index contributed by atoms with van der Waals surface area (Å²) in [6.45, 7) is 2.13. The summed E-state index contributed by atoms with van der Waals surface area (Å²) in [6, 6.07) is 18.1. The predicted octanol–water partition coefficient (Wildman–Crippen LogP) is 4.38. The van der Waals surface area contributed by atoms with Crippen LogP contribution >= 0.6 is 11.8 Å². The summed E-state index contributed by atoms with van der Waals surface area (Å²) < 4.78 is 5.34. The zero-order chi connectivity index (χ0) is 17.8. The van der Waals surface area contributed by atoms with Gasteiger partial charge in [0.15, 0.2) is 5.82 Å². The van der Waals surface area contributed by atoms with E-state index in [1.54, 1.807) is 0 Å². The van der Waals surface area contributed by atoms with Crippen LogP contribution in [0.4, 0.5) is 0 Å². The van der Waals surface area contributed by atoms with Gasteiger partial charge in [0, 0.05) is 11.1 Å². The minimum Gasteiger partial charge on any atom is -0.338 e. The number of nitrogens with one attached hydrogen (secondary N) is 1. The maximum Gasteiger partial charge on any atom is 0.237 e. The first kappa shape index (κ1) is 16.5. The molecule has 0 saturated heterocycles. The maximum absolute atomic E-state index is 5.34. The van der Waals surface area contributed by atoms with E-state index in [0.717, 1.165) is 23.4 Å². The standard InChI is InChI=1S/C19H17N5OS/c1-2-13-8-10-15(11-9-13)18-20-16(25-24-18)12-26-19-21-17(22-23-19)14-6-4-3-5-7-14/h3-11H,2,12H2,1H3,(H,21,22,23). The Hall–Kier alpha value is -2.93. The average Bonchev–Trinajstić information content (AvgIpc) is 3.37. The molecule has 0 fully saturated rings. The number of aryl methyl sites for hydroxylation is 1. The first-order valence-electron chi connectivity index (χ1n) is 8.34. The van der Waals surface area contributed by atoms with Crippen molar-refractivity contribution >= 4 is 11.8 Å².